The third-order valence-corrected chi connectivity index (χ3v) is 5.11. The highest BCUT2D eigenvalue weighted by Crippen LogP contribution is 2.33. The molecule has 152 valence electrons. The fourth-order valence-electron chi connectivity index (χ4n) is 3.49. The lowest BCUT2D eigenvalue weighted by atomic mass is 10.1. The number of aromatic nitrogens is 1. The van der Waals surface area contributed by atoms with Gasteiger partial charge in [-0.25, -0.2) is 9.18 Å². The summed E-state index contributed by atoms with van der Waals surface area (Å²) in [5.41, 5.74) is 0.363. The molecule has 0 radical (unpaired) electrons. The molecule has 2 heterocycles. The summed E-state index contributed by atoms with van der Waals surface area (Å²) in [5.74, 6) is -1.31. The minimum atomic E-state index is -1.14. The van der Waals surface area contributed by atoms with Crippen molar-refractivity contribution < 1.29 is 23.6 Å². The van der Waals surface area contributed by atoms with Crippen LogP contribution in [-0.4, -0.2) is 61.5 Å². The Morgan fingerprint density at radius 2 is 2.04 bits per heavy atom. The molecular weight excluding hydrogens is 365 g/mol. The minimum absolute atomic E-state index is 0.0151. The van der Waals surface area contributed by atoms with Crippen molar-refractivity contribution in [1.29, 1.82) is 0 Å². The summed E-state index contributed by atoms with van der Waals surface area (Å²) < 4.78 is 24.0. The SMILES string of the molecule is COc1cc(-c2onc(N(C)CCN3CCCCCC3)c2C(=O)O)ccc1F. The molecule has 0 amide bonds. The van der Waals surface area contributed by atoms with Crippen LogP contribution in [0.25, 0.3) is 11.3 Å². The minimum Gasteiger partial charge on any atom is -0.494 e. The van der Waals surface area contributed by atoms with Gasteiger partial charge in [-0.3, -0.25) is 0 Å². The number of likely N-dealkylation sites (N-methyl/N-ethyl adjacent to an activating group) is 1. The van der Waals surface area contributed by atoms with E-state index in [1.165, 1.54) is 51.0 Å². The Morgan fingerprint density at radius 1 is 1.32 bits per heavy atom. The molecule has 1 aliphatic rings. The average molecular weight is 391 g/mol. The van der Waals surface area contributed by atoms with Gasteiger partial charge < -0.3 is 24.2 Å². The predicted octanol–water partition coefficient (Wildman–Crippen LogP) is 3.50. The van der Waals surface area contributed by atoms with Crippen LogP contribution in [-0.2, 0) is 0 Å². The molecule has 0 unspecified atom stereocenters. The fraction of sp³-hybridized carbons (Fsp3) is 0.500. The first-order valence-electron chi connectivity index (χ1n) is 9.51. The van der Waals surface area contributed by atoms with Crippen LogP contribution >= 0.6 is 0 Å². The van der Waals surface area contributed by atoms with Gasteiger partial charge in [-0.15, -0.1) is 0 Å². The Hall–Kier alpha value is -2.61. The molecule has 1 aromatic carbocycles. The second-order valence-electron chi connectivity index (χ2n) is 7.04. The molecule has 0 aliphatic carbocycles. The Labute approximate surface area is 163 Å². The van der Waals surface area contributed by atoms with E-state index in [9.17, 15) is 14.3 Å². The molecule has 0 saturated carbocycles. The number of carboxylic acids is 1. The Bertz CT molecular complexity index is 816. The fourth-order valence-corrected chi connectivity index (χ4v) is 3.49. The van der Waals surface area contributed by atoms with Gasteiger partial charge in [0.05, 0.1) is 7.11 Å². The highest BCUT2D eigenvalue weighted by atomic mass is 19.1. The van der Waals surface area contributed by atoms with E-state index in [0.717, 1.165) is 19.6 Å². The number of nitrogens with zero attached hydrogens (tertiary/aromatic N) is 3. The van der Waals surface area contributed by atoms with E-state index in [2.05, 4.69) is 10.1 Å². The van der Waals surface area contributed by atoms with Gasteiger partial charge >= 0.3 is 5.97 Å². The van der Waals surface area contributed by atoms with Crippen molar-refractivity contribution in [3.63, 3.8) is 0 Å². The molecule has 1 N–H and O–H groups in total. The molecular formula is C20H26FN3O4. The zero-order valence-corrected chi connectivity index (χ0v) is 16.3. The molecule has 1 saturated heterocycles. The second kappa shape index (κ2) is 9.05. The number of aromatic carboxylic acids is 1. The van der Waals surface area contributed by atoms with Crippen LogP contribution in [0.2, 0.25) is 0 Å². The van der Waals surface area contributed by atoms with Crippen LogP contribution in [0, 0.1) is 5.82 Å². The first-order chi connectivity index (χ1) is 13.5. The maximum atomic E-state index is 13.7. The third kappa shape index (κ3) is 4.44. The summed E-state index contributed by atoms with van der Waals surface area (Å²) >= 11 is 0. The van der Waals surface area contributed by atoms with Gasteiger partial charge in [-0.2, -0.15) is 0 Å². The van der Waals surface area contributed by atoms with E-state index in [1.807, 2.05) is 0 Å². The quantitative estimate of drug-likeness (QED) is 0.774. The average Bonchev–Trinajstić information content (AvgIpc) is 2.97. The normalized spacial score (nSPS) is 15.2. The zero-order valence-electron chi connectivity index (χ0n) is 16.3. The van der Waals surface area contributed by atoms with E-state index in [0.29, 0.717) is 12.1 Å². The highest BCUT2D eigenvalue weighted by molar-refractivity contribution is 5.99. The molecule has 8 heteroatoms. The summed E-state index contributed by atoms with van der Waals surface area (Å²) in [6.07, 6.45) is 4.93. The number of methoxy groups -OCH3 is 1. The third-order valence-electron chi connectivity index (χ3n) is 5.11. The Balaban J connectivity index is 1.81. The van der Waals surface area contributed by atoms with Gasteiger partial charge in [-0.1, -0.05) is 18.0 Å². The van der Waals surface area contributed by atoms with Crippen molar-refractivity contribution in [2.75, 3.05) is 45.2 Å². The van der Waals surface area contributed by atoms with Gasteiger partial charge in [0.25, 0.3) is 0 Å². The molecule has 1 fully saturated rings. The number of halogens is 1. The number of benzene rings is 1. The van der Waals surface area contributed by atoms with E-state index >= 15 is 0 Å². The van der Waals surface area contributed by atoms with Crippen LogP contribution in [0.4, 0.5) is 10.2 Å². The summed E-state index contributed by atoms with van der Waals surface area (Å²) in [7, 11) is 3.15. The maximum absolute atomic E-state index is 13.7. The lowest BCUT2D eigenvalue weighted by Crippen LogP contribution is -2.34. The Morgan fingerprint density at radius 3 is 2.68 bits per heavy atom. The molecule has 28 heavy (non-hydrogen) atoms. The molecule has 7 nitrogen and oxygen atoms in total. The van der Waals surface area contributed by atoms with Crippen LogP contribution < -0.4 is 9.64 Å². The highest BCUT2D eigenvalue weighted by Gasteiger charge is 2.27. The molecule has 0 atom stereocenters. The second-order valence-corrected chi connectivity index (χ2v) is 7.04. The number of carbonyl (C=O) groups is 1. The van der Waals surface area contributed by atoms with Crippen molar-refractivity contribution in [2.24, 2.45) is 0 Å². The number of hydrogen-bond donors (Lipinski definition) is 1. The molecule has 1 aliphatic heterocycles. The largest absolute Gasteiger partial charge is 0.494 e. The summed E-state index contributed by atoms with van der Waals surface area (Å²) in [6.45, 7) is 3.61. The standard InChI is InChI=1S/C20H26FN3O4/c1-23(11-12-24-9-5-3-4-6-10-24)19-17(20(25)26)18(28-22-19)14-7-8-15(21)16(13-14)27-2/h7-8,13H,3-6,9-12H2,1-2H3,(H,25,26). The smallest absolute Gasteiger partial charge is 0.343 e. The maximum Gasteiger partial charge on any atom is 0.343 e. The number of likely N-dealkylation sites (tertiary alicyclic amines) is 1. The van der Waals surface area contributed by atoms with Gasteiger partial charge in [0, 0.05) is 25.7 Å². The molecule has 0 spiro atoms. The summed E-state index contributed by atoms with van der Waals surface area (Å²) in [5, 5.41) is 13.7. The number of carboxylic acid groups (broad SMARTS) is 1. The van der Waals surface area contributed by atoms with E-state index < -0.39 is 11.8 Å². The first kappa shape index (κ1) is 20.1. The van der Waals surface area contributed by atoms with Crippen molar-refractivity contribution in [2.45, 2.75) is 25.7 Å². The van der Waals surface area contributed by atoms with E-state index in [1.54, 1.807) is 11.9 Å². The lowest BCUT2D eigenvalue weighted by Gasteiger charge is -2.24. The summed E-state index contributed by atoms with van der Waals surface area (Å²) in [4.78, 5) is 16.1. The van der Waals surface area contributed by atoms with Crippen molar-refractivity contribution in [3.8, 4) is 17.1 Å². The number of hydrogen-bond acceptors (Lipinski definition) is 6. The molecule has 3 rings (SSSR count). The summed E-state index contributed by atoms with van der Waals surface area (Å²) in [6, 6.07) is 4.07. The van der Waals surface area contributed by atoms with Crippen LogP contribution in [0.3, 0.4) is 0 Å². The van der Waals surface area contributed by atoms with Gasteiger partial charge in [0.15, 0.2) is 28.7 Å². The van der Waals surface area contributed by atoms with Gasteiger partial charge in [0.1, 0.15) is 0 Å². The monoisotopic (exact) mass is 391 g/mol. The first-order valence-corrected chi connectivity index (χ1v) is 9.51. The number of rotatable bonds is 7. The molecule has 2 aromatic rings. The van der Waals surface area contributed by atoms with Crippen molar-refractivity contribution in [3.05, 3.63) is 29.6 Å². The number of anilines is 1. The van der Waals surface area contributed by atoms with Gasteiger partial charge in [-0.05, 0) is 44.1 Å². The van der Waals surface area contributed by atoms with E-state index in [-0.39, 0.29) is 22.9 Å². The van der Waals surface area contributed by atoms with Crippen molar-refractivity contribution >= 4 is 11.8 Å². The van der Waals surface area contributed by atoms with Crippen LogP contribution in [0.5, 0.6) is 5.75 Å². The van der Waals surface area contributed by atoms with Crippen LogP contribution in [0.1, 0.15) is 36.0 Å². The van der Waals surface area contributed by atoms with Gasteiger partial charge in [0.2, 0.25) is 0 Å². The predicted molar refractivity (Wildman–Crippen MR) is 104 cm³/mol. The van der Waals surface area contributed by atoms with E-state index in [4.69, 9.17) is 9.26 Å². The van der Waals surface area contributed by atoms with Crippen molar-refractivity contribution in [1.82, 2.24) is 10.1 Å². The lowest BCUT2D eigenvalue weighted by molar-refractivity contribution is 0.0698. The molecule has 0 bridgehead atoms. The Kier molecular flexibility index (Phi) is 6.51. The topological polar surface area (TPSA) is 79.0 Å². The number of ether oxygens (including phenoxy) is 1. The molecule has 1 aromatic heterocycles. The van der Waals surface area contributed by atoms with Crippen LogP contribution in [0.15, 0.2) is 22.7 Å². The zero-order chi connectivity index (χ0) is 20.1.